The van der Waals surface area contributed by atoms with Crippen molar-refractivity contribution in [2.75, 3.05) is 11.1 Å². The van der Waals surface area contributed by atoms with Gasteiger partial charge in [0.15, 0.2) is 5.82 Å². The van der Waals surface area contributed by atoms with Crippen molar-refractivity contribution in [3.8, 4) is 5.82 Å². The van der Waals surface area contributed by atoms with Crippen LogP contribution in [-0.4, -0.2) is 31.6 Å². The molecular formula is C14H18N4S. The number of nitrogens with zero attached hydrogens (tertiary/aromatic N) is 3. The predicted octanol–water partition coefficient (Wildman–Crippen LogP) is 2.88. The largest absolute Gasteiger partial charge is 0.378 e. The van der Waals surface area contributed by atoms with E-state index in [-0.39, 0.29) is 0 Å². The first kappa shape index (κ1) is 12.5. The number of hydrogen-bond donors (Lipinski definition) is 1. The van der Waals surface area contributed by atoms with Crippen molar-refractivity contribution in [1.82, 2.24) is 14.5 Å². The Kier molecular flexibility index (Phi) is 3.46. The van der Waals surface area contributed by atoms with Crippen LogP contribution in [0.4, 0.5) is 5.69 Å². The Morgan fingerprint density at radius 3 is 2.95 bits per heavy atom. The molecule has 1 N–H and O–H groups in total. The van der Waals surface area contributed by atoms with Crippen LogP contribution in [0.5, 0.6) is 0 Å². The monoisotopic (exact) mass is 274 g/mol. The van der Waals surface area contributed by atoms with Gasteiger partial charge in [0.25, 0.3) is 0 Å². The van der Waals surface area contributed by atoms with E-state index in [1.165, 1.54) is 12.2 Å². The topological polar surface area (TPSA) is 42.7 Å². The normalized spacial score (nSPS) is 22.6. The van der Waals surface area contributed by atoms with Gasteiger partial charge in [-0.3, -0.25) is 4.57 Å². The van der Waals surface area contributed by atoms with Crippen molar-refractivity contribution in [3.05, 3.63) is 36.5 Å². The maximum absolute atomic E-state index is 4.50. The standard InChI is InChI=1S/C14H18N4S/c1-10-8-12(9-19-10)17-13-4-3-5-16-14(13)18-7-6-15-11(18)2/h3-7,10,12,17H,8-9H2,1-2H3. The molecular weight excluding hydrogens is 256 g/mol. The molecule has 5 heteroatoms. The van der Waals surface area contributed by atoms with Gasteiger partial charge >= 0.3 is 0 Å². The lowest BCUT2D eigenvalue weighted by molar-refractivity contribution is 0.744. The van der Waals surface area contributed by atoms with Crippen molar-refractivity contribution < 1.29 is 0 Å². The molecule has 0 saturated carbocycles. The molecule has 1 aliphatic heterocycles. The Balaban J connectivity index is 1.88. The summed E-state index contributed by atoms with van der Waals surface area (Å²) in [7, 11) is 0. The summed E-state index contributed by atoms with van der Waals surface area (Å²) < 4.78 is 2.02. The highest BCUT2D eigenvalue weighted by atomic mass is 32.2. The number of imidazole rings is 1. The quantitative estimate of drug-likeness (QED) is 0.934. The van der Waals surface area contributed by atoms with E-state index < -0.39 is 0 Å². The zero-order valence-electron chi connectivity index (χ0n) is 11.2. The predicted molar refractivity (Wildman–Crippen MR) is 80.0 cm³/mol. The SMILES string of the molecule is Cc1nccn1-c1ncccc1NC1CSC(C)C1. The highest BCUT2D eigenvalue weighted by Gasteiger charge is 2.22. The molecule has 0 radical (unpaired) electrons. The number of nitrogens with one attached hydrogen (secondary N) is 1. The summed E-state index contributed by atoms with van der Waals surface area (Å²) >= 11 is 2.03. The van der Waals surface area contributed by atoms with E-state index in [0.29, 0.717) is 6.04 Å². The van der Waals surface area contributed by atoms with Gasteiger partial charge in [-0.2, -0.15) is 11.8 Å². The molecule has 1 fully saturated rings. The van der Waals surface area contributed by atoms with Crippen LogP contribution in [0.15, 0.2) is 30.7 Å². The van der Waals surface area contributed by atoms with E-state index >= 15 is 0 Å². The van der Waals surface area contributed by atoms with E-state index in [1.54, 1.807) is 6.20 Å². The first-order chi connectivity index (χ1) is 9.24. The molecule has 1 aliphatic rings. The highest BCUT2D eigenvalue weighted by Crippen LogP contribution is 2.29. The highest BCUT2D eigenvalue weighted by molar-refractivity contribution is 8.00. The molecule has 3 heterocycles. The van der Waals surface area contributed by atoms with E-state index in [0.717, 1.165) is 22.6 Å². The lowest BCUT2D eigenvalue weighted by Crippen LogP contribution is -2.20. The molecule has 2 aromatic heterocycles. The summed E-state index contributed by atoms with van der Waals surface area (Å²) in [5.74, 6) is 3.05. The molecule has 0 aliphatic carbocycles. The molecule has 19 heavy (non-hydrogen) atoms. The van der Waals surface area contributed by atoms with Crippen LogP contribution in [0.3, 0.4) is 0 Å². The number of thioether (sulfide) groups is 1. The van der Waals surface area contributed by atoms with Gasteiger partial charge in [-0.25, -0.2) is 9.97 Å². The Morgan fingerprint density at radius 2 is 2.26 bits per heavy atom. The Hall–Kier alpha value is -1.49. The fourth-order valence-electron chi connectivity index (χ4n) is 2.44. The lowest BCUT2D eigenvalue weighted by atomic mass is 10.2. The van der Waals surface area contributed by atoms with Crippen molar-refractivity contribution in [2.45, 2.75) is 31.6 Å². The summed E-state index contributed by atoms with van der Waals surface area (Å²) in [4.78, 5) is 8.77. The summed E-state index contributed by atoms with van der Waals surface area (Å²) in [5, 5.41) is 4.37. The van der Waals surface area contributed by atoms with Crippen molar-refractivity contribution in [2.24, 2.45) is 0 Å². The minimum Gasteiger partial charge on any atom is -0.378 e. The maximum Gasteiger partial charge on any atom is 0.161 e. The lowest BCUT2D eigenvalue weighted by Gasteiger charge is -2.16. The summed E-state index contributed by atoms with van der Waals surface area (Å²) in [6.45, 7) is 4.28. The number of hydrogen-bond acceptors (Lipinski definition) is 4. The van der Waals surface area contributed by atoms with Crippen molar-refractivity contribution in [3.63, 3.8) is 0 Å². The van der Waals surface area contributed by atoms with E-state index in [9.17, 15) is 0 Å². The molecule has 100 valence electrons. The Bertz CT molecular complexity index is 566. The molecule has 1 saturated heterocycles. The van der Waals surface area contributed by atoms with Gasteiger partial charge in [0.05, 0.1) is 5.69 Å². The van der Waals surface area contributed by atoms with Gasteiger partial charge in [-0.15, -0.1) is 0 Å². The van der Waals surface area contributed by atoms with Crippen LogP contribution >= 0.6 is 11.8 Å². The van der Waals surface area contributed by atoms with Crippen LogP contribution in [0.2, 0.25) is 0 Å². The number of rotatable bonds is 3. The molecule has 4 nitrogen and oxygen atoms in total. The minimum atomic E-state index is 0.534. The average molecular weight is 274 g/mol. The second-order valence-corrected chi connectivity index (χ2v) is 6.41. The van der Waals surface area contributed by atoms with E-state index in [1.807, 2.05) is 41.7 Å². The third-order valence-corrected chi connectivity index (χ3v) is 4.75. The van der Waals surface area contributed by atoms with Crippen LogP contribution < -0.4 is 5.32 Å². The Morgan fingerprint density at radius 1 is 1.37 bits per heavy atom. The molecule has 0 aromatic carbocycles. The van der Waals surface area contributed by atoms with Crippen LogP contribution in [0.25, 0.3) is 5.82 Å². The van der Waals surface area contributed by atoms with Crippen molar-refractivity contribution in [1.29, 1.82) is 0 Å². The molecule has 0 spiro atoms. The third kappa shape index (κ3) is 2.61. The summed E-state index contributed by atoms with van der Waals surface area (Å²) in [6, 6.07) is 4.60. The molecule has 2 aromatic rings. The van der Waals surface area contributed by atoms with E-state index in [4.69, 9.17) is 0 Å². The maximum atomic E-state index is 4.50. The van der Waals surface area contributed by atoms with Gasteiger partial charge in [0.2, 0.25) is 0 Å². The van der Waals surface area contributed by atoms with Crippen LogP contribution in [-0.2, 0) is 0 Å². The number of pyridine rings is 1. The number of anilines is 1. The van der Waals surface area contributed by atoms with Crippen LogP contribution in [0, 0.1) is 6.92 Å². The Labute approximate surface area is 117 Å². The van der Waals surface area contributed by atoms with Gasteiger partial charge in [0.1, 0.15) is 5.82 Å². The van der Waals surface area contributed by atoms with Gasteiger partial charge in [-0.05, 0) is 25.5 Å². The number of aromatic nitrogens is 3. The molecule has 3 rings (SSSR count). The molecule has 0 bridgehead atoms. The van der Waals surface area contributed by atoms with Gasteiger partial charge < -0.3 is 5.32 Å². The summed E-state index contributed by atoms with van der Waals surface area (Å²) in [5.41, 5.74) is 1.09. The minimum absolute atomic E-state index is 0.534. The fourth-order valence-corrected chi connectivity index (χ4v) is 3.59. The van der Waals surface area contributed by atoms with Gasteiger partial charge in [0, 0.05) is 35.6 Å². The van der Waals surface area contributed by atoms with Gasteiger partial charge in [-0.1, -0.05) is 6.92 Å². The zero-order valence-corrected chi connectivity index (χ0v) is 12.0. The molecule has 0 amide bonds. The third-order valence-electron chi connectivity index (χ3n) is 3.40. The summed E-state index contributed by atoms with van der Waals surface area (Å²) in [6.07, 6.45) is 6.80. The first-order valence-electron chi connectivity index (χ1n) is 6.57. The zero-order chi connectivity index (χ0) is 13.2. The van der Waals surface area contributed by atoms with Crippen LogP contribution in [0.1, 0.15) is 19.2 Å². The fraction of sp³-hybridized carbons (Fsp3) is 0.429. The van der Waals surface area contributed by atoms with E-state index in [2.05, 4.69) is 28.3 Å². The smallest absolute Gasteiger partial charge is 0.161 e. The second kappa shape index (κ2) is 5.25. The molecule has 2 unspecified atom stereocenters. The average Bonchev–Trinajstić information content (AvgIpc) is 2.99. The first-order valence-corrected chi connectivity index (χ1v) is 7.62. The second-order valence-electron chi connectivity index (χ2n) is 4.94. The van der Waals surface area contributed by atoms with Crippen molar-refractivity contribution >= 4 is 17.4 Å². The molecule has 2 atom stereocenters. The number of aryl methyl sites for hydroxylation is 1.